The largest absolute Gasteiger partial charge is 0.451 e. The maximum atomic E-state index is 15.0. The van der Waals surface area contributed by atoms with Crippen LogP contribution in [0.15, 0.2) is 59.0 Å². The quantitative estimate of drug-likeness (QED) is 0.510. The normalized spacial score (nSPS) is 17.9. The number of thiol groups is 1. The van der Waals surface area contributed by atoms with Gasteiger partial charge >= 0.3 is 6.09 Å². The summed E-state index contributed by atoms with van der Waals surface area (Å²) < 4.78 is 25.9. The molecule has 10 heteroatoms. The Hall–Kier alpha value is -3.79. The Bertz CT molecular complexity index is 1320. The predicted octanol–water partition coefficient (Wildman–Crippen LogP) is 4.47. The number of furan rings is 1. The van der Waals surface area contributed by atoms with E-state index < -0.39 is 23.3 Å². The van der Waals surface area contributed by atoms with Crippen LogP contribution < -0.4 is 10.2 Å². The van der Waals surface area contributed by atoms with Crippen LogP contribution in [-0.4, -0.2) is 54.4 Å². The topological polar surface area (TPSA) is 92.1 Å². The van der Waals surface area contributed by atoms with Crippen LogP contribution in [0, 0.1) is 5.82 Å². The van der Waals surface area contributed by atoms with Gasteiger partial charge in [-0.05, 0) is 42.3 Å². The van der Waals surface area contributed by atoms with Crippen LogP contribution in [0.1, 0.15) is 22.5 Å². The Morgan fingerprint density at radius 3 is 2.71 bits per heavy atom. The molecule has 5 rings (SSSR count). The average Bonchev–Trinajstić information content (AvgIpc) is 3.46. The molecule has 35 heavy (non-hydrogen) atoms. The SMILES string of the molecule is O=C(S)NC[C@H]1CN(c2ccc(C3=CCN(C(=O)c4cc5ccccc5o4)CC3)c(F)c2)C(=O)O1. The number of carbonyl (C=O) groups is 3. The van der Waals surface area contributed by atoms with Crippen molar-refractivity contribution in [1.82, 2.24) is 10.2 Å². The van der Waals surface area contributed by atoms with E-state index in [4.69, 9.17) is 9.15 Å². The van der Waals surface area contributed by atoms with Gasteiger partial charge in [0.2, 0.25) is 0 Å². The molecule has 0 spiro atoms. The number of ether oxygens (including phenoxy) is 1. The summed E-state index contributed by atoms with van der Waals surface area (Å²) in [6, 6.07) is 13.8. The summed E-state index contributed by atoms with van der Waals surface area (Å²) in [4.78, 5) is 39.0. The number of rotatable bonds is 5. The first-order valence-electron chi connectivity index (χ1n) is 11.1. The predicted molar refractivity (Wildman–Crippen MR) is 131 cm³/mol. The van der Waals surface area contributed by atoms with Crippen molar-refractivity contribution in [3.05, 3.63) is 71.7 Å². The molecule has 0 unspecified atom stereocenters. The zero-order valence-electron chi connectivity index (χ0n) is 18.6. The van der Waals surface area contributed by atoms with Crippen molar-refractivity contribution in [2.75, 3.05) is 31.1 Å². The Balaban J connectivity index is 1.26. The van der Waals surface area contributed by atoms with Crippen molar-refractivity contribution in [2.45, 2.75) is 12.5 Å². The Labute approximate surface area is 205 Å². The van der Waals surface area contributed by atoms with Gasteiger partial charge in [0.15, 0.2) is 5.76 Å². The Morgan fingerprint density at radius 1 is 1.17 bits per heavy atom. The molecule has 1 N–H and O–H groups in total. The van der Waals surface area contributed by atoms with E-state index in [1.54, 1.807) is 23.1 Å². The van der Waals surface area contributed by atoms with Crippen molar-refractivity contribution in [2.24, 2.45) is 0 Å². The van der Waals surface area contributed by atoms with Gasteiger partial charge in [0.1, 0.15) is 17.5 Å². The number of nitrogens with zero attached hydrogens (tertiary/aromatic N) is 2. The average molecular weight is 496 g/mol. The molecule has 2 aliphatic rings. The molecule has 0 radical (unpaired) electrons. The van der Waals surface area contributed by atoms with E-state index in [-0.39, 0.29) is 24.8 Å². The Morgan fingerprint density at radius 2 is 2.00 bits per heavy atom. The third-order valence-electron chi connectivity index (χ3n) is 6.10. The number of cyclic esters (lactones) is 1. The maximum absolute atomic E-state index is 15.0. The smallest absolute Gasteiger partial charge is 0.414 e. The number of para-hydroxylation sites is 1. The number of fused-ring (bicyclic) bond motifs is 1. The molecule has 3 amide bonds. The van der Waals surface area contributed by atoms with Crippen molar-refractivity contribution in [3.8, 4) is 0 Å². The zero-order chi connectivity index (χ0) is 24.5. The van der Waals surface area contributed by atoms with Gasteiger partial charge in [0.05, 0.1) is 18.8 Å². The van der Waals surface area contributed by atoms with E-state index in [0.29, 0.717) is 36.3 Å². The maximum Gasteiger partial charge on any atom is 0.414 e. The number of amides is 3. The molecule has 3 heterocycles. The molecule has 1 aromatic heterocycles. The summed E-state index contributed by atoms with van der Waals surface area (Å²) in [6.45, 7) is 1.08. The van der Waals surface area contributed by atoms with Crippen molar-refractivity contribution < 1.29 is 27.9 Å². The van der Waals surface area contributed by atoms with E-state index in [1.165, 1.54) is 11.0 Å². The molecule has 0 bridgehead atoms. The summed E-state index contributed by atoms with van der Waals surface area (Å²) in [5.41, 5.74) is 2.25. The van der Waals surface area contributed by atoms with E-state index >= 15 is 4.39 Å². The van der Waals surface area contributed by atoms with Gasteiger partial charge in [-0.25, -0.2) is 9.18 Å². The molecule has 0 aliphatic carbocycles. The molecule has 1 fully saturated rings. The second-order valence-corrected chi connectivity index (χ2v) is 8.75. The lowest BCUT2D eigenvalue weighted by atomic mass is 9.98. The van der Waals surface area contributed by atoms with Gasteiger partial charge in [-0.15, -0.1) is 0 Å². The van der Waals surface area contributed by atoms with Gasteiger partial charge in [0.25, 0.3) is 11.1 Å². The van der Waals surface area contributed by atoms with Gasteiger partial charge in [-0.2, -0.15) is 0 Å². The van der Waals surface area contributed by atoms with Crippen molar-refractivity contribution in [3.63, 3.8) is 0 Å². The zero-order valence-corrected chi connectivity index (χ0v) is 19.5. The van der Waals surface area contributed by atoms with Crippen molar-refractivity contribution in [1.29, 1.82) is 0 Å². The lowest BCUT2D eigenvalue weighted by molar-refractivity contribution is 0.0743. The second-order valence-electron chi connectivity index (χ2n) is 8.35. The van der Waals surface area contributed by atoms with E-state index in [2.05, 4.69) is 17.9 Å². The molecule has 1 atom stereocenters. The molecular weight excluding hydrogens is 473 g/mol. The summed E-state index contributed by atoms with van der Waals surface area (Å²) in [7, 11) is 0. The highest BCUT2D eigenvalue weighted by molar-refractivity contribution is 7.96. The van der Waals surface area contributed by atoms with Crippen LogP contribution in [0.25, 0.3) is 16.5 Å². The van der Waals surface area contributed by atoms with E-state index in [9.17, 15) is 14.4 Å². The number of hydrogen-bond donors (Lipinski definition) is 2. The minimum absolute atomic E-state index is 0.126. The lowest BCUT2D eigenvalue weighted by Gasteiger charge is -2.26. The number of halogens is 1. The first kappa shape index (κ1) is 23.0. The van der Waals surface area contributed by atoms with Gasteiger partial charge in [0, 0.05) is 24.0 Å². The number of nitrogens with one attached hydrogen (secondary N) is 1. The van der Waals surface area contributed by atoms with Crippen LogP contribution in [-0.2, 0) is 4.74 Å². The number of anilines is 1. The number of hydrogen-bond acceptors (Lipinski definition) is 5. The minimum atomic E-state index is -0.604. The molecule has 1 saturated heterocycles. The van der Waals surface area contributed by atoms with Crippen LogP contribution in [0.3, 0.4) is 0 Å². The molecule has 2 aromatic carbocycles. The summed E-state index contributed by atoms with van der Waals surface area (Å²) in [5, 5.41) is 2.82. The van der Waals surface area contributed by atoms with E-state index in [1.807, 2.05) is 30.3 Å². The minimum Gasteiger partial charge on any atom is -0.451 e. The summed E-state index contributed by atoms with van der Waals surface area (Å²) >= 11 is 3.62. The first-order chi connectivity index (χ1) is 16.9. The lowest BCUT2D eigenvalue weighted by Crippen LogP contribution is -2.34. The molecule has 3 aromatic rings. The highest BCUT2D eigenvalue weighted by Crippen LogP contribution is 2.30. The van der Waals surface area contributed by atoms with Gasteiger partial charge in [-0.3, -0.25) is 14.5 Å². The first-order valence-corrected chi connectivity index (χ1v) is 11.6. The summed E-state index contributed by atoms with van der Waals surface area (Å²) in [6.07, 6.45) is 1.17. The summed E-state index contributed by atoms with van der Waals surface area (Å²) in [5.74, 6) is -0.391. The fraction of sp³-hybridized carbons (Fsp3) is 0.240. The highest BCUT2D eigenvalue weighted by atomic mass is 32.1. The van der Waals surface area contributed by atoms with Crippen molar-refractivity contribution >= 4 is 52.1 Å². The van der Waals surface area contributed by atoms with Crippen LogP contribution >= 0.6 is 12.6 Å². The number of benzene rings is 2. The highest BCUT2D eigenvalue weighted by Gasteiger charge is 2.33. The third kappa shape index (κ3) is 4.74. The van der Waals surface area contributed by atoms with Crippen LogP contribution in [0.5, 0.6) is 0 Å². The van der Waals surface area contributed by atoms with Crippen LogP contribution in [0.2, 0.25) is 0 Å². The van der Waals surface area contributed by atoms with E-state index in [0.717, 1.165) is 11.0 Å². The molecule has 8 nitrogen and oxygen atoms in total. The molecular formula is C25H22FN3O5S. The monoisotopic (exact) mass is 495 g/mol. The fourth-order valence-corrected chi connectivity index (χ4v) is 4.40. The molecule has 2 aliphatic heterocycles. The standard InChI is InChI=1S/C25H22FN3O5S/c26-20-12-17(29-14-18(33-25(29)32)13-27-24(31)35)5-6-19(20)15-7-9-28(10-8-15)23(30)22-11-16-3-1-2-4-21(16)34-22/h1-7,11-12,18H,8-10,13-14H2,(H2,27,31,35)/t18-/m0/s1. The van der Waals surface area contributed by atoms with Gasteiger partial charge < -0.3 is 19.4 Å². The van der Waals surface area contributed by atoms with Crippen LogP contribution in [0.4, 0.5) is 19.7 Å². The third-order valence-corrected chi connectivity index (χ3v) is 6.26. The number of carbonyl (C=O) groups excluding carboxylic acids is 3. The molecule has 180 valence electrons. The second kappa shape index (κ2) is 9.46. The molecule has 0 saturated carbocycles. The Kier molecular flexibility index (Phi) is 6.21. The van der Waals surface area contributed by atoms with Gasteiger partial charge in [-0.1, -0.05) is 36.9 Å². The fourth-order valence-electron chi connectivity index (χ4n) is 4.31.